The molecule has 0 aliphatic rings. The second-order valence-corrected chi connectivity index (χ2v) is 7.06. The third-order valence-corrected chi connectivity index (χ3v) is 5.09. The second kappa shape index (κ2) is 8.77. The minimum absolute atomic E-state index is 0.113. The number of thioether (sulfide) groups is 1. The Morgan fingerprint density at radius 3 is 2.85 bits per heavy atom. The maximum atomic E-state index is 12.2. The molecule has 0 aliphatic carbocycles. The zero-order valence-electron chi connectivity index (χ0n) is 13.8. The molecule has 0 bridgehead atoms. The summed E-state index contributed by atoms with van der Waals surface area (Å²) in [6.07, 6.45) is 5.21. The average molecular weight is 430 g/mol. The average Bonchev–Trinajstić information content (AvgIpc) is 3.06. The van der Waals surface area contributed by atoms with Crippen LogP contribution < -0.4 is 5.32 Å². The van der Waals surface area contributed by atoms with Gasteiger partial charge in [-0.05, 0) is 40.2 Å². The van der Waals surface area contributed by atoms with Crippen molar-refractivity contribution in [2.45, 2.75) is 11.7 Å². The molecule has 2 aromatic heterocycles. The summed E-state index contributed by atoms with van der Waals surface area (Å²) in [6.45, 7) is 4.33. The number of allylic oxidation sites excluding steroid dienone is 1. The van der Waals surface area contributed by atoms with Crippen LogP contribution in [0.3, 0.4) is 0 Å². The summed E-state index contributed by atoms with van der Waals surface area (Å²) in [6, 6.07) is 11.3. The number of aromatic nitrogens is 4. The Bertz CT molecular complexity index is 913. The molecular weight excluding hydrogens is 414 g/mol. The number of nitrogens with zero attached hydrogens (tertiary/aromatic N) is 4. The first-order valence-corrected chi connectivity index (χ1v) is 9.58. The lowest BCUT2D eigenvalue weighted by atomic mass is 10.3. The molecular formula is C18H16BrN5OS. The van der Waals surface area contributed by atoms with E-state index in [0.29, 0.717) is 17.5 Å². The molecule has 0 aliphatic heterocycles. The van der Waals surface area contributed by atoms with Gasteiger partial charge in [-0.1, -0.05) is 30.0 Å². The number of carbonyl (C=O) groups excluding carboxylic acids is 1. The molecule has 0 fully saturated rings. The summed E-state index contributed by atoms with van der Waals surface area (Å²) in [7, 11) is 0. The maximum absolute atomic E-state index is 12.2. The predicted molar refractivity (Wildman–Crippen MR) is 107 cm³/mol. The number of hydrogen-bond donors (Lipinski definition) is 1. The third kappa shape index (κ3) is 4.39. The number of para-hydroxylation sites is 1. The Balaban J connectivity index is 1.72. The second-order valence-electron chi connectivity index (χ2n) is 5.26. The first-order chi connectivity index (χ1) is 12.7. The van der Waals surface area contributed by atoms with E-state index in [1.165, 1.54) is 11.8 Å². The van der Waals surface area contributed by atoms with E-state index in [9.17, 15) is 4.79 Å². The molecule has 132 valence electrons. The number of rotatable bonds is 7. The summed E-state index contributed by atoms with van der Waals surface area (Å²) in [5.41, 5.74) is 1.60. The van der Waals surface area contributed by atoms with Crippen LogP contribution in [0.1, 0.15) is 0 Å². The molecule has 0 atom stereocenters. The van der Waals surface area contributed by atoms with Crippen LogP contribution in [-0.2, 0) is 11.3 Å². The molecule has 0 saturated heterocycles. The van der Waals surface area contributed by atoms with E-state index in [0.717, 1.165) is 15.7 Å². The van der Waals surface area contributed by atoms with Gasteiger partial charge in [0.2, 0.25) is 5.91 Å². The van der Waals surface area contributed by atoms with Gasteiger partial charge in [-0.25, -0.2) is 0 Å². The Labute approximate surface area is 163 Å². The highest BCUT2D eigenvalue weighted by molar-refractivity contribution is 9.10. The van der Waals surface area contributed by atoms with Crippen molar-refractivity contribution >= 4 is 39.3 Å². The molecule has 0 radical (unpaired) electrons. The van der Waals surface area contributed by atoms with Crippen LogP contribution in [0, 0.1) is 0 Å². The third-order valence-electron chi connectivity index (χ3n) is 3.43. The molecule has 3 aromatic rings. The molecule has 0 spiro atoms. The van der Waals surface area contributed by atoms with Gasteiger partial charge in [-0.3, -0.25) is 14.3 Å². The zero-order valence-corrected chi connectivity index (χ0v) is 16.2. The lowest BCUT2D eigenvalue weighted by Crippen LogP contribution is -2.15. The molecule has 26 heavy (non-hydrogen) atoms. The molecule has 0 saturated carbocycles. The number of benzene rings is 1. The quantitative estimate of drug-likeness (QED) is 0.453. The van der Waals surface area contributed by atoms with Crippen molar-refractivity contribution in [1.82, 2.24) is 19.7 Å². The Kier molecular flexibility index (Phi) is 6.19. The first kappa shape index (κ1) is 18.3. The lowest BCUT2D eigenvalue weighted by Gasteiger charge is -2.08. The maximum Gasteiger partial charge on any atom is 0.234 e. The fraction of sp³-hybridized carbons (Fsp3) is 0.111. The highest BCUT2D eigenvalue weighted by atomic mass is 79.9. The topological polar surface area (TPSA) is 72.7 Å². The highest BCUT2D eigenvalue weighted by Gasteiger charge is 2.15. The zero-order chi connectivity index (χ0) is 18.4. The summed E-state index contributed by atoms with van der Waals surface area (Å²) in [5.74, 6) is 0.814. The molecule has 1 amide bonds. The van der Waals surface area contributed by atoms with E-state index in [2.05, 4.69) is 43.0 Å². The van der Waals surface area contributed by atoms with Gasteiger partial charge in [0, 0.05) is 29.0 Å². The molecule has 1 N–H and O–H groups in total. The molecule has 6 nitrogen and oxygen atoms in total. The minimum atomic E-state index is -0.113. The van der Waals surface area contributed by atoms with Crippen LogP contribution >= 0.6 is 27.7 Å². The van der Waals surface area contributed by atoms with Crippen molar-refractivity contribution < 1.29 is 4.79 Å². The number of halogens is 1. The Morgan fingerprint density at radius 1 is 1.27 bits per heavy atom. The summed E-state index contributed by atoms with van der Waals surface area (Å²) < 4.78 is 2.76. The first-order valence-electron chi connectivity index (χ1n) is 7.80. The Morgan fingerprint density at radius 2 is 2.12 bits per heavy atom. The Hall–Kier alpha value is -2.45. The van der Waals surface area contributed by atoms with E-state index in [-0.39, 0.29) is 11.7 Å². The minimum Gasteiger partial charge on any atom is -0.324 e. The van der Waals surface area contributed by atoms with Crippen LogP contribution in [0.4, 0.5) is 5.69 Å². The number of pyridine rings is 1. The van der Waals surface area contributed by atoms with E-state index in [1.807, 2.05) is 41.0 Å². The van der Waals surface area contributed by atoms with Crippen molar-refractivity contribution in [3.05, 3.63) is 65.9 Å². The standard InChI is InChI=1S/C18H16BrN5OS/c1-2-10-24-17(13-6-5-9-20-11-13)22-23-18(24)26-12-16(25)21-15-8-4-3-7-14(15)19/h2-9,11H,1,10,12H2,(H,21,25). The van der Waals surface area contributed by atoms with Crippen molar-refractivity contribution in [1.29, 1.82) is 0 Å². The SMILES string of the molecule is C=CCn1c(SCC(=O)Nc2ccccc2Br)nnc1-c1cccnc1. The van der Waals surface area contributed by atoms with Crippen LogP contribution in [0.25, 0.3) is 11.4 Å². The lowest BCUT2D eigenvalue weighted by molar-refractivity contribution is -0.113. The molecule has 1 aromatic carbocycles. The molecule has 8 heteroatoms. The van der Waals surface area contributed by atoms with Gasteiger partial charge in [0.1, 0.15) is 0 Å². The van der Waals surface area contributed by atoms with Gasteiger partial charge >= 0.3 is 0 Å². The van der Waals surface area contributed by atoms with Crippen molar-refractivity contribution in [3.63, 3.8) is 0 Å². The fourth-order valence-corrected chi connectivity index (χ4v) is 3.41. The normalized spacial score (nSPS) is 10.5. The predicted octanol–water partition coefficient (Wildman–Crippen LogP) is 4.02. The van der Waals surface area contributed by atoms with Crippen molar-refractivity contribution in [2.24, 2.45) is 0 Å². The van der Waals surface area contributed by atoms with Gasteiger partial charge in [0.05, 0.1) is 11.4 Å². The number of hydrogen-bond acceptors (Lipinski definition) is 5. The van der Waals surface area contributed by atoms with Gasteiger partial charge in [0.15, 0.2) is 11.0 Å². The van der Waals surface area contributed by atoms with E-state index < -0.39 is 0 Å². The van der Waals surface area contributed by atoms with Gasteiger partial charge in [-0.2, -0.15) is 0 Å². The molecule has 3 rings (SSSR count). The van der Waals surface area contributed by atoms with E-state index in [1.54, 1.807) is 18.5 Å². The van der Waals surface area contributed by atoms with E-state index >= 15 is 0 Å². The van der Waals surface area contributed by atoms with Gasteiger partial charge in [0.25, 0.3) is 0 Å². The smallest absolute Gasteiger partial charge is 0.234 e. The monoisotopic (exact) mass is 429 g/mol. The number of amides is 1. The fourth-order valence-electron chi connectivity index (χ4n) is 2.28. The van der Waals surface area contributed by atoms with Crippen LogP contribution in [0.2, 0.25) is 0 Å². The van der Waals surface area contributed by atoms with Crippen LogP contribution in [0.15, 0.2) is 71.1 Å². The summed E-state index contributed by atoms with van der Waals surface area (Å²) >= 11 is 4.75. The van der Waals surface area contributed by atoms with Gasteiger partial charge in [-0.15, -0.1) is 16.8 Å². The molecule has 2 heterocycles. The number of nitrogens with one attached hydrogen (secondary N) is 1. The molecule has 0 unspecified atom stereocenters. The number of anilines is 1. The summed E-state index contributed by atoms with van der Waals surface area (Å²) in [4.78, 5) is 16.4. The van der Waals surface area contributed by atoms with Gasteiger partial charge < -0.3 is 5.32 Å². The van der Waals surface area contributed by atoms with Crippen LogP contribution in [0.5, 0.6) is 0 Å². The number of carbonyl (C=O) groups is 1. The van der Waals surface area contributed by atoms with Crippen molar-refractivity contribution in [2.75, 3.05) is 11.1 Å². The van der Waals surface area contributed by atoms with Crippen LogP contribution in [-0.4, -0.2) is 31.4 Å². The highest BCUT2D eigenvalue weighted by Crippen LogP contribution is 2.25. The summed E-state index contributed by atoms with van der Waals surface area (Å²) in [5, 5.41) is 12.0. The van der Waals surface area contributed by atoms with E-state index in [4.69, 9.17) is 0 Å². The van der Waals surface area contributed by atoms with Crippen molar-refractivity contribution in [3.8, 4) is 11.4 Å². The largest absolute Gasteiger partial charge is 0.324 e.